The highest BCUT2D eigenvalue weighted by molar-refractivity contribution is 7.25. The predicted molar refractivity (Wildman–Crippen MR) is 188 cm³/mol. The van der Waals surface area contributed by atoms with Crippen LogP contribution in [0.25, 0.3) is 85.9 Å². The van der Waals surface area contributed by atoms with Gasteiger partial charge in [-0.15, -0.1) is 11.3 Å². The van der Waals surface area contributed by atoms with E-state index in [0.717, 1.165) is 0 Å². The molecule has 0 fully saturated rings. The monoisotopic (exact) mass is 562 g/mol. The zero-order chi connectivity index (χ0) is 28.3. The molecule has 0 saturated heterocycles. The van der Waals surface area contributed by atoms with Crippen molar-refractivity contribution in [3.8, 4) is 33.4 Å². The average molecular weight is 563 g/mol. The van der Waals surface area contributed by atoms with Crippen molar-refractivity contribution in [1.29, 1.82) is 0 Å². The molecule has 0 nitrogen and oxygen atoms in total. The molecular weight excluding hydrogens is 537 g/mol. The lowest BCUT2D eigenvalue weighted by molar-refractivity contribution is 1.59. The molecule has 8 aromatic carbocycles. The van der Waals surface area contributed by atoms with Gasteiger partial charge in [-0.05, 0) is 102 Å². The zero-order valence-electron chi connectivity index (χ0n) is 23.4. The highest BCUT2D eigenvalue weighted by atomic mass is 32.1. The van der Waals surface area contributed by atoms with Crippen molar-refractivity contribution in [3.05, 3.63) is 158 Å². The minimum absolute atomic E-state index is 1.23. The second kappa shape index (κ2) is 9.66. The molecule has 0 unspecified atom stereocenters. The molecule has 0 aliphatic carbocycles. The van der Waals surface area contributed by atoms with E-state index in [9.17, 15) is 0 Å². The Bertz CT molecular complexity index is 2480. The molecular formula is C42H26S. The summed E-state index contributed by atoms with van der Waals surface area (Å²) in [6.45, 7) is 0. The fraction of sp³-hybridized carbons (Fsp3) is 0. The highest BCUT2D eigenvalue weighted by Gasteiger charge is 2.11. The van der Waals surface area contributed by atoms with Crippen LogP contribution in [0, 0.1) is 0 Å². The van der Waals surface area contributed by atoms with E-state index in [4.69, 9.17) is 0 Å². The SMILES string of the molecule is c1cc(-c2cccc(-c3ccc4c5ccccc5c5ccccc5c4c3)c2)cc(-c2ccc3sc4ccccc4c3c2)c1. The van der Waals surface area contributed by atoms with E-state index in [1.807, 2.05) is 11.3 Å². The molecule has 9 rings (SSSR count). The van der Waals surface area contributed by atoms with Crippen LogP contribution in [0.4, 0.5) is 0 Å². The Morgan fingerprint density at radius 2 is 0.628 bits per heavy atom. The normalized spacial score (nSPS) is 11.7. The van der Waals surface area contributed by atoms with Crippen molar-refractivity contribution >= 4 is 63.8 Å². The molecule has 0 bridgehead atoms. The van der Waals surface area contributed by atoms with Crippen LogP contribution in [0.1, 0.15) is 0 Å². The lowest BCUT2D eigenvalue weighted by Crippen LogP contribution is -1.86. The van der Waals surface area contributed by atoms with Crippen LogP contribution >= 0.6 is 11.3 Å². The molecule has 43 heavy (non-hydrogen) atoms. The van der Waals surface area contributed by atoms with Crippen molar-refractivity contribution in [2.24, 2.45) is 0 Å². The van der Waals surface area contributed by atoms with E-state index in [0.29, 0.717) is 0 Å². The van der Waals surface area contributed by atoms with E-state index in [2.05, 4.69) is 158 Å². The van der Waals surface area contributed by atoms with Crippen molar-refractivity contribution < 1.29 is 0 Å². The zero-order valence-corrected chi connectivity index (χ0v) is 24.2. The largest absolute Gasteiger partial charge is 0.135 e. The van der Waals surface area contributed by atoms with Gasteiger partial charge in [-0.3, -0.25) is 0 Å². The Morgan fingerprint density at radius 3 is 1.21 bits per heavy atom. The van der Waals surface area contributed by atoms with Crippen molar-refractivity contribution in [2.75, 3.05) is 0 Å². The summed E-state index contributed by atoms with van der Waals surface area (Å²) < 4.78 is 2.68. The summed E-state index contributed by atoms with van der Waals surface area (Å²) in [6, 6.07) is 58.0. The molecule has 0 amide bonds. The number of thiophene rings is 1. The van der Waals surface area contributed by atoms with Crippen LogP contribution in [-0.2, 0) is 0 Å². The van der Waals surface area contributed by atoms with Crippen LogP contribution in [0.2, 0.25) is 0 Å². The second-order valence-electron chi connectivity index (χ2n) is 11.3. The standard InChI is InChI=1S/C42H26S/c1-2-15-35-33(13-1)34-14-3-4-16-36(34)39-25-31(19-21-37(35)39)29-11-7-9-27(23-29)28-10-8-12-30(24-28)32-20-22-42-40(26-32)38-17-5-6-18-41(38)43-42/h1-26H. The lowest BCUT2D eigenvalue weighted by atomic mass is 9.91. The van der Waals surface area contributed by atoms with E-state index < -0.39 is 0 Å². The van der Waals surface area contributed by atoms with Crippen LogP contribution in [0.15, 0.2) is 158 Å². The molecule has 1 heterocycles. The molecule has 0 atom stereocenters. The van der Waals surface area contributed by atoms with E-state index in [1.165, 1.54) is 85.9 Å². The molecule has 0 aliphatic heterocycles. The first-order valence-electron chi connectivity index (χ1n) is 14.8. The fourth-order valence-electron chi connectivity index (χ4n) is 6.75. The van der Waals surface area contributed by atoms with Gasteiger partial charge < -0.3 is 0 Å². The Balaban J connectivity index is 1.14. The molecule has 0 saturated carbocycles. The Morgan fingerprint density at radius 1 is 0.233 bits per heavy atom. The summed E-state index contributed by atoms with van der Waals surface area (Å²) in [5, 5.41) is 10.5. The molecule has 0 spiro atoms. The molecule has 0 N–H and O–H groups in total. The third kappa shape index (κ3) is 3.97. The quantitative estimate of drug-likeness (QED) is 0.188. The van der Waals surface area contributed by atoms with Gasteiger partial charge in [0.2, 0.25) is 0 Å². The first-order valence-corrected chi connectivity index (χ1v) is 15.6. The molecule has 1 heteroatoms. The minimum atomic E-state index is 1.23. The van der Waals surface area contributed by atoms with Crippen LogP contribution in [0.5, 0.6) is 0 Å². The van der Waals surface area contributed by atoms with Gasteiger partial charge in [0, 0.05) is 20.2 Å². The first kappa shape index (κ1) is 24.4. The summed E-state index contributed by atoms with van der Waals surface area (Å²) in [4.78, 5) is 0. The van der Waals surface area contributed by atoms with Gasteiger partial charge in [0.05, 0.1) is 0 Å². The van der Waals surface area contributed by atoms with Gasteiger partial charge >= 0.3 is 0 Å². The third-order valence-electron chi connectivity index (χ3n) is 8.85. The van der Waals surface area contributed by atoms with Gasteiger partial charge in [-0.2, -0.15) is 0 Å². The van der Waals surface area contributed by atoms with Crippen molar-refractivity contribution in [2.45, 2.75) is 0 Å². The Hall–Kier alpha value is -5.24. The van der Waals surface area contributed by atoms with Gasteiger partial charge in [-0.1, -0.05) is 121 Å². The Kier molecular flexibility index (Phi) is 5.47. The number of fused-ring (bicyclic) bond motifs is 9. The van der Waals surface area contributed by atoms with E-state index in [-0.39, 0.29) is 0 Å². The number of hydrogen-bond donors (Lipinski definition) is 0. The topological polar surface area (TPSA) is 0 Å². The molecule has 9 aromatic rings. The van der Waals surface area contributed by atoms with Gasteiger partial charge in [0.25, 0.3) is 0 Å². The average Bonchev–Trinajstić information content (AvgIpc) is 3.46. The van der Waals surface area contributed by atoms with Crippen LogP contribution < -0.4 is 0 Å². The highest BCUT2D eigenvalue weighted by Crippen LogP contribution is 2.39. The maximum Gasteiger partial charge on any atom is 0.0355 e. The summed E-state index contributed by atoms with van der Waals surface area (Å²) in [6.07, 6.45) is 0. The first-order chi connectivity index (χ1) is 21.3. The minimum Gasteiger partial charge on any atom is -0.135 e. The lowest BCUT2D eigenvalue weighted by Gasteiger charge is -2.13. The molecule has 0 radical (unpaired) electrons. The number of rotatable bonds is 3. The second-order valence-corrected chi connectivity index (χ2v) is 12.4. The maximum atomic E-state index is 2.38. The van der Waals surface area contributed by atoms with Crippen LogP contribution in [-0.4, -0.2) is 0 Å². The smallest absolute Gasteiger partial charge is 0.0355 e. The van der Waals surface area contributed by atoms with Gasteiger partial charge in [-0.25, -0.2) is 0 Å². The number of benzene rings is 8. The summed E-state index contributed by atoms with van der Waals surface area (Å²) >= 11 is 1.87. The molecule has 200 valence electrons. The van der Waals surface area contributed by atoms with Gasteiger partial charge in [0.15, 0.2) is 0 Å². The Labute approximate surface area is 254 Å². The molecule has 1 aromatic heterocycles. The van der Waals surface area contributed by atoms with Crippen molar-refractivity contribution in [1.82, 2.24) is 0 Å². The third-order valence-corrected chi connectivity index (χ3v) is 10.00. The summed E-state index contributed by atoms with van der Waals surface area (Å²) in [7, 11) is 0. The van der Waals surface area contributed by atoms with E-state index in [1.54, 1.807) is 0 Å². The maximum absolute atomic E-state index is 2.38. The van der Waals surface area contributed by atoms with Crippen molar-refractivity contribution in [3.63, 3.8) is 0 Å². The predicted octanol–water partition coefficient (Wildman–Crippen LogP) is 12.5. The summed E-state index contributed by atoms with van der Waals surface area (Å²) in [5.74, 6) is 0. The number of hydrogen-bond acceptors (Lipinski definition) is 1. The van der Waals surface area contributed by atoms with E-state index >= 15 is 0 Å². The van der Waals surface area contributed by atoms with Gasteiger partial charge in [0.1, 0.15) is 0 Å². The molecule has 0 aliphatic rings. The summed E-state index contributed by atoms with van der Waals surface area (Å²) in [5.41, 5.74) is 7.41. The fourth-order valence-corrected chi connectivity index (χ4v) is 7.84. The van der Waals surface area contributed by atoms with Crippen LogP contribution in [0.3, 0.4) is 0 Å².